The van der Waals surface area contributed by atoms with Crippen molar-refractivity contribution in [1.82, 2.24) is 19.9 Å². The first-order chi connectivity index (χ1) is 11.5. The second-order valence-electron chi connectivity index (χ2n) is 6.49. The SMILES string of the molecule is Cc1nccc(N2CCC(COc3nc(C)nc(C)c3C)CC2)n1. The number of aryl methyl sites for hydroxylation is 3. The molecule has 3 rings (SSSR count). The van der Waals surface area contributed by atoms with Gasteiger partial charge >= 0.3 is 0 Å². The van der Waals surface area contributed by atoms with Gasteiger partial charge in [-0.3, -0.25) is 0 Å². The van der Waals surface area contributed by atoms with Crippen LogP contribution in [0, 0.1) is 33.6 Å². The Morgan fingerprint density at radius 1 is 1.04 bits per heavy atom. The highest BCUT2D eigenvalue weighted by molar-refractivity contribution is 5.37. The Kier molecular flexibility index (Phi) is 4.92. The third-order valence-electron chi connectivity index (χ3n) is 4.61. The van der Waals surface area contributed by atoms with Crippen molar-refractivity contribution < 1.29 is 4.74 Å². The van der Waals surface area contributed by atoms with Crippen LogP contribution >= 0.6 is 0 Å². The van der Waals surface area contributed by atoms with Gasteiger partial charge in [0.1, 0.15) is 17.5 Å². The number of hydrogen-bond acceptors (Lipinski definition) is 6. The van der Waals surface area contributed by atoms with Crippen molar-refractivity contribution in [2.24, 2.45) is 5.92 Å². The van der Waals surface area contributed by atoms with Gasteiger partial charge < -0.3 is 9.64 Å². The van der Waals surface area contributed by atoms with Crippen LogP contribution in [0.1, 0.15) is 35.7 Å². The van der Waals surface area contributed by atoms with Gasteiger partial charge in [0.05, 0.1) is 6.61 Å². The van der Waals surface area contributed by atoms with E-state index in [4.69, 9.17) is 4.74 Å². The lowest BCUT2D eigenvalue weighted by Crippen LogP contribution is -2.36. The standard InChI is InChI=1S/C18H25N5O/c1-12-13(2)20-15(4)22-18(12)24-11-16-6-9-23(10-7-16)17-5-8-19-14(3)21-17/h5,8,16H,6-7,9-11H2,1-4H3. The van der Waals surface area contributed by atoms with Crippen molar-refractivity contribution in [1.29, 1.82) is 0 Å². The Bertz CT molecular complexity index is 711. The molecule has 6 nitrogen and oxygen atoms in total. The molecule has 0 aromatic carbocycles. The molecule has 0 aliphatic carbocycles. The van der Waals surface area contributed by atoms with Crippen molar-refractivity contribution >= 4 is 5.82 Å². The molecule has 0 saturated carbocycles. The summed E-state index contributed by atoms with van der Waals surface area (Å²) < 4.78 is 6.00. The zero-order valence-electron chi connectivity index (χ0n) is 14.9. The molecule has 0 spiro atoms. The lowest BCUT2D eigenvalue weighted by atomic mass is 9.98. The van der Waals surface area contributed by atoms with E-state index in [2.05, 4.69) is 24.8 Å². The van der Waals surface area contributed by atoms with Crippen LogP contribution in [0.25, 0.3) is 0 Å². The first kappa shape index (κ1) is 16.6. The van der Waals surface area contributed by atoms with Crippen LogP contribution in [0.3, 0.4) is 0 Å². The Morgan fingerprint density at radius 3 is 2.50 bits per heavy atom. The number of ether oxygens (including phenoxy) is 1. The molecule has 0 N–H and O–H groups in total. The number of anilines is 1. The van der Waals surface area contributed by atoms with Crippen molar-refractivity contribution in [2.45, 2.75) is 40.5 Å². The molecule has 1 aliphatic rings. The number of piperidine rings is 1. The second kappa shape index (κ2) is 7.11. The van der Waals surface area contributed by atoms with Gasteiger partial charge in [-0.15, -0.1) is 0 Å². The smallest absolute Gasteiger partial charge is 0.219 e. The second-order valence-corrected chi connectivity index (χ2v) is 6.49. The van der Waals surface area contributed by atoms with E-state index >= 15 is 0 Å². The summed E-state index contributed by atoms with van der Waals surface area (Å²) in [4.78, 5) is 19.8. The molecule has 6 heteroatoms. The van der Waals surface area contributed by atoms with Crippen molar-refractivity contribution in [3.05, 3.63) is 35.2 Å². The fraction of sp³-hybridized carbons (Fsp3) is 0.556. The topological polar surface area (TPSA) is 64.0 Å². The van der Waals surface area contributed by atoms with Gasteiger partial charge in [0, 0.05) is 30.5 Å². The first-order valence-electron chi connectivity index (χ1n) is 8.52. The zero-order chi connectivity index (χ0) is 17.1. The maximum Gasteiger partial charge on any atom is 0.219 e. The van der Waals surface area contributed by atoms with Crippen LogP contribution in [0.2, 0.25) is 0 Å². The predicted molar refractivity (Wildman–Crippen MR) is 93.4 cm³/mol. The molecule has 2 aromatic heterocycles. The third-order valence-corrected chi connectivity index (χ3v) is 4.61. The Hall–Kier alpha value is -2.24. The minimum atomic E-state index is 0.555. The van der Waals surface area contributed by atoms with Crippen LogP contribution in [0.15, 0.2) is 12.3 Å². The van der Waals surface area contributed by atoms with Crippen molar-refractivity contribution in [3.63, 3.8) is 0 Å². The quantitative estimate of drug-likeness (QED) is 0.860. The van der Waals surface area contributed by atoms with Gasteiger partial charge in [0.2, 0.25) is 5.88 Å². The highest BCUT2D eigenvalue weighted by Gasteiger charge is 2.21. The first-order valence-corrected chi connectivity index (χ1v) is 8.52. The number of nitrogens with zero attached hydrogens (tertiary/aromatic N) is 5. The van der Waals surface area contributed by atoms with E-state index in [1.807, 2.05) is 40.0 Å². The summed E-state index contributed by atoms with van der Waals surface area (Å²) in [5.74, 6) is 3.90. The summed E-state index contributed by atoms with van der Waals surface area (Å²) in [6.07, 6.45) is 4.03. The van der Waals surface area contributed by atoms with Crippen LogP contribution < -0.4 is 9.64 Å². The summed E-state index contributed by atoms with van der Waals surface area (Å²) in [6, 6.07) is 1.99. The molecule has 1 fully saturated rings. The van der Waals surface area contributed by atoms with Gasteiger partial charge in [-0.25, -0.2) is 15.0 Å². The van der Waals surface area contributed by atoms with Crippen molar-refractivity contribution in [2.75, 3.05) is 24.6 Å². The third kappa shape index (κ3) is 3.80. The highest BCUT2D eigenvalue weighted by atomic mass is 16.5. The average molecular weight is 327 g/mol. The number of rotatable bonds is 4. The average Bonchev–Trinajstić information content (AvgIpc) is 2.57. The van der Waals surface area contributed by atoms with E-state index in [0.29, 0.717) is 12.5 Å². The summed E-state index contributed by atoms with van der Waals surface area (Å²) >= 11 is 0. The lowest BCUT2D eigenvalue weighted by molar-refractivity contribution is 0.214. The largest absolute Gasteiger partial charge is 0.477 e. The minimum Gasteiger partial charge on any atom is -0.477 e. The van der Waals surface area contributed by atoms with Crippen LogP contribution in [-0.2, 0) is 0 Å². The van der Waals surface area contributed by atoms with Gasteiger partial charge in [-0.05, 0) is 52.5 Å². The molecule has 24 heavy (non-hydrogen) atoms. The van der Waals surface area contributed by atoms with Crippen LogP contribution in [0.5, 0.6) is 5.88 Å². The monoisotopic (exact) mass is 327 g/mol. The molecule has 3 heterocycles. The molecule has 0 amide bonds. The molecule has 1 saturated heterocycles. The summed E-state index contributed by atoms with van der Waals surface area (Å²) in [5.41, 5.74) is 2.03. The molecule has 2 aromatic rings. The van der Waals surface area contributed by atoms with E-state index in [0.717, 1.165) is 60.5 Å². The fourth-order valence-corrected chi connectivity index (χ4v) is 3.02. The highest BCUT2D eigenvalue weighted by Crippen LogP contribution is 2.24. The Morgan fingerprint density at radius 2 is 1.79 bits per heavy atom. The van der Waals surface area contributed by atoms with E-state index < -0.39 is 0 Å². The summed E-state index contributed by atoms with van der Waals surface area (Å²) in [7, 11) is 0. The van der Waals surface area contributed by atoms with Crippen LogP contribution in [-0.4, -0.2) is 39.6 Å². The molecule has 0 radical (unpaired) electrons. The van der Waals surface area contributed by atoms with E-state index in [1.165, 1.54) is 0 Å². The zero-order valence-corrected chi connectivity index (χ0v) is 14.9. The maximum atomic E-state index is 6.00. The van der Waals surface area contributed by atoms with E-state index in [1.54, 1.807) is 0 Å². The lowest BCUT2D eigenvalue weighted by Gasteiger charge is -2.32. The predicted octanol–water partition coefficient (Wildman–Crippen LogP) is 2.80. The fourth-order valence-electron chi connectivity index (χ4n) is 3.02. The molecule has 0 atom stereocenters. The van der Waals surface area contributed by atoms with E-state index in [-0.39, 0.29) is 0 Å². The Labute approximate surface area is 143 Å². The van der Waals surface area contributed by atoms with Crippen molar-refractivity contribution in [3.8, 4) is 5.88 Å². The molecular formula is C18H25N5O. The number of hydrogen-bond donors (Lipinski definition) is 0. The Balaban J connectivity index is 1.54. The summed E-state index contributed by atoms with van der Waals surface area (Å²) in [5, 5.41) is 0. The maximum absolute atomic E-state index is 6.00. The van der Waals surface area contributed by atoms with Crippen LogP contribution in [0.4, 0.5) is 5.82 Å². The molecule has 128 valence electrons. The normalized spacial score (nSPS) is 15.6. The van der Waals surface area contributed by atoms with Gasteiger partial charge in [0.25, 0.3) is 0 Å². The summed E-state index contributed by atoms with van der Waals surface area (Å²) in [6.45, 7) is 10.6. The molecule has 0 unspecified atom stereocenters. The van der Waals surface area contributed by atoms with Gasteiger partial charge in [-0.2, -0.15) is 4.98 Å². The molecular weight excluding hydrogens is 302 g/mol. The number of aromatic nitrogens is 4. The van der Waals surface area contributed by atoms with Gasteiger partial charge in [-0.1, -0.05) is 0 Å². The molecule has 1 aliphatic heterocycles. The molecule has 0 bridgehead atoms. The minimum absolute atomic E-state index is 0.555. The van der Waals surface area contributed by atoms with Gasteiger partial charge in [0.15, 0.2) is 0 Å². The van der Waals surface area contributed by atoms with E-state index in [9.17, 15) is 0 Å².